The molecular formula is C13H15F4NO2S. The first-order chi connectivity index (χ1) is 9.72. The van der Waals surface area contributed by atoms with E-state index in [1.54, 1.807) is 0 Å². The molecule has 1 aliphatic rings. The van der Waals surface area contributed by atoms with Gasteiger partial charge in [-0.2, -0.15) is 13.2 Å². The molecule has 0 spiro atoms. The second-order valence-electron chi connectivity index (χ2n) is 5.07. The Morgan fingerprint density at radius 3 is 2.29 bits per heavy atom. The van der Waals surface area contributed by atoms with Crippen molar-refractivity contribution in [2.45, 2.75) is 48.5 Å². The molecule has 0 radical (unpaired) electrons. The summed E-state index contributed by atoms with van der Waals surface area (Å²) in [5.74, 6) is -1.02. The van der Waals surface area contributed by atoms with Gasteiger partial charge in [-0.25, -0.2) is 12.8 Å². The molecule has 0 amide bonds. The van der Waals surface area contributed by atoms with E-state index in [0.29, 0.717) is 6.07 Å². The average molecular weight is 325 g/mol. The molecule has 1 aromatic carbocycles. The van der Waals surface area contributed by atoms with Crippen LogP contribution in [0.4, 0.5) is 23.2 Å². The molecule has 0 saturated heterocycles. The minimum Gasteiger partial charge on any atom is -0.381 e. The Hall–Kier alpha value is -1.31. The van der Waals surface area contributed by atoms with Crippen LogP contribution in [-0.2, 0) is 9.84 Å². The Labute approximate surface area is 120 Å². The van der Waals surface area contributed by atoms with E-state index < -0.39 is 26.1 Å². The van der Waals surface area contributed by atoms with Crippen molar-refractivity contribution in [1.82, 2.24) is 0 Å². The van der Waals surface area contributed by atoms with Gasteiger partial charge in [0, 0.05) is 6.04 Å². The Bertz CT molecular complexity index is 607. The molecule has 0 heterocycles. The third-order valence-electron chi connectivity index (χ3n) is 3.50. The van der Waals surface area contributed by atoms with Crippen LogP contribution in [0.1, 0.15) is 32.1 Å². The smallest absolute Gasteiger partial charge is 0.381 e. The highest BCUT2D eigenvalue weighted by atomic mass is 32.2. The molecule has 0 aliphatic heterocycles. The summed E-state index contributed by atoms with van der Waals surface area (Å²) in [6.45, 7) is 0. The summed E-state index contributed by atoms with van der Waals surface area (Å²) in [6.07, 6.45) is 4.42. The zero-order valence-electron chi connectivity index (χ0n) is 11.1. The third kappa shape index (κ3) is 3.48. The zero-order chi connectivity index (χ0) is 15.7. The van der Waals surface area contributed by atoms with Crippen molar-refractivity contribution in [2.24, 2.45) is 0 Å². The van der Waals surface area contributed by atoms with Crippen molar-refractivity contribution >= 4 is 15.5 Å². The Balaban J connectivity index is 2.38. The first-order valence-corrected chi connectivity index (χ1v) is 8.07. The van der Waals surface area contributed by atoms with Gasteiger partial charge in [-0.1, -0.05) is 19.3 Å². The fourth-order valence-corrected chi connectivity index (χ4v) is 3.36. The number of alkyl halides is 3. The van der Waals surface area contributed by atoms with Gasteiger partial charge in [-0.15, -0.1) is 0 Å². The molecule has 1 aromatic rings. The molecule has 3 nitrogen and oxygen atoms in total. The quantitative estimate of drug-likeness (QED) is 0.858. The number of halogens is 4. The molecule has 0 aromatic heterocycles. The molecule has 118 valence electrons. The summed E-state index contributed by atoms with van der Waals surface area (Å²) in [6, 6.07) is 2.31. The molecule has 0 atom stereocenters. The third-order valence-corrected chi connectivity index (χ3v) is 5.03. The summed E-state index contributed by atoms with van der Waals surface area (Å²) < 4.78 is 74.3. The maximum absolute atomic E-state index is 13.2. The van der Waals surface area contributed by atoms with Crippen molar-refractivity contribution in [3.05, 3.63) is 24.0 Å². The normalized spacial score (nSPS) is 17.7. The summed E-state index contributed by atoms with van der Waals surface area (Å²) in [4.78, 5) is -1.06. The van der Waals surface area contributed by atoms with E-state index >= 15 is 0 Å². The molecule has 1 aliphatic carbocycles. The molecule has 8 heteroatoms. The van der Waals surface area contributed by atoms with Crippen LogP contribution in [0.25, 0.3) is 0 Å². The van der Waals surface area contributed by atoms with Crippen LogP contribution in [0.2, 0.25) is 0 Å². The maximum atomic E-state index is 13.2. The van der Waals surface area contributed by atoms with Crippen LogP contribution < -0.4 is 5.32 Å². The van der Waals surface area contributed by atoms with Crippen LogP contribution in [0.5, 0.6) is 0 Å². The predicted octanol–water partition coefficient (Wildman–Crippen LogP) is 3.86. The van der Waals surface area contributed by atoms with E-state index in [0.717, 1.165) is 44.2 Å². The first-order valence-electron chi connectivity index (χ1n) is 6.59. The lowest BCUT2D eigenvalue weighted by Crippen LogP contribution is -2.27. The second kappa shape index (κ2) is 5.82. The largest absolute Gasteiger partial charge is 0.501 e. The minimum atomic E-state index is -5.58. The standard InChI is InChI=1S/C13H15F4NO2S/c14-9-6-7-11(18-10-4-2-1-3-5-10)12(8-9)21(19,20)13(15,16)17/h6-8,10,18H,1-5H2. The van der Waals surface area contributed by atoms with Gasteiger partial charge < -0.3 is 5.32 Å². The average Bonchev–Trinajstić information content (AvgIpc) is 2.40. The van der Waals surface area contributed by atoms with Gasteiger partial charge >= 0.3 is 5.51 Å². The van der Waals surface area contributed by atoms with E-state index in [1.807, 2.05) is 0 Å². The van der Waals surface area contributed by atoms with Crippen LogP contribution in [0.15, 0.2) is 23.1 Å². The fourth-order valence-electron chi connectivity index (χ4n) is 2.43. The van der Waals surface area contributed by atoms with Crippen LogP contribution >= 0.6 is 0 Å². The highest BCUT2D eigenvalue weighted by molar-refractivity contribution is 7.92. The zero-order valence-corrected chi connectivity index (χ0v) is 11.9. The van der Waals surface area contributed by atoms with Gasteiger partial charge in [0.15, 0.2) is 0 Å². The Kier molecular flexibility index (Phi) is 4.46. The number of hydrogen-bond acceptors (Lipinski definition) is 3. The van der Waals surface area contributed by atoms with Crippen LogP contribution in [0, 0.1) is 5.82 Å². The summed E-state index contributed by atoms with van der Waals surface area (Å²) >= 11 is 0. The number of rotatable bonds is 3. The number of benzene rings is 1. The SMILES string of the molecule is O=S(=O)(c1cc(F)ccc1NC1CCCCC1)C(F)(F)F. The minimum absolute atomic E-state index is 0.0913. The topological polar surface area (TPSA) is 46.2 Å². The van der Waals surface area contributed by atoms with Crippen molar-refractivity contribution < 1.29 is 26.0 Å². The number of nitrogens with one attached hydrogen (secondary N) is 1. The molecular weight excluding hydrogens is 310 g/mol. The van der Waals surface area contributed by atoms with Gasteiger partial charge in [0.2, 0.25) is 0 Å². The van der Waals surface area contributed by atoms with Gasteiger partial charge in [-0.3, -0.25) is 0 Å². The Morgan fingerprint density at radius 1 is 1.10 bits per heavy atom. The lowest BCUT2D eigenvalue weighted by Gasteiger charge is -2.25. The van der Waals surface area contributed by atoms with E-state index in [1.165, 1.54) is 0 Å². The van der Waals surface area contributed by atoms with E-state index in [2.05, 4.69) is 5.32 Å². The van der Waals surface area contributed by atoms with Gasteiger partial charge in [0.05, 0.1) is 5.69 Å². The fraction of sp³-hybridized carbons (Fsp3) is 0.538. The highest BCUT2D eigenvalue weighted by Crippen LogP contribution is 2.35. The molecule has 2 rings (SSSR count). The second-order valence-corrected chi connectivity index (χ2v) is 6.98. The monoisotopic (exact) mass is 325 g/mol. The number of hydrogen-bond donors (Lipinski definition) is 1. The molecule has 1 N–H and O–H groups in total. The van der Waals surface area contributed by atoms with E-state index in [-0.39, 0.29) is 11.7 Å². The lowest BCUT2D eigenvalue weighted by atomic mass is 9.95. The number of sulfone groups is 1. The van der Waals surface area contributed by atoms with Gasteiger partial charge in [0.1, 0.15) is 10.7 Å². The summed E-state index contributed by atoms with van der Waals surface area (Å²) in [7, 11) is -5.58. The molecule has 1 saturated carbocycles. The molecule has 0 bridgehead atoms. The van der Waals surface area contributed by atoms with Crippen molar-refractivity contribution in [3.63, 3.8) is 0 Å². The van der Waals surface area contributed by atoms with Crippen LogP contribution in [0.3, 0.4) is 0 Å². The summed E-state index contributed by atoms with van der Waals surface area (Å²) in [5, 5.41) is 2.81. The van der Waals surface area contributed by atoms with E-state index in [9.17, 15) is 26.0 Å². The van der Waals surface area contributed by atoms with Gasteiger partial charge in [0.25, 0.3) is 9.84 Å². The van der Waals surface area contributed by atoms with Crippen molar-refractivity contribution in [2.75, 3.05) is 5.32 Å². The Morgan fingerprint density at radius 2 is 1.71 bits per heavy atom. The predicted molar refractivity (Wildman–Crippen MR) is 70.1 cm³/mol. The molecule has 21 heavy (non-hydrogen) atoms. The van der Waals surface area contributed by atoms with Crippen LogP contribution in [-0.4, -0.2) is 20.0 Å². The van der Waals surface area contributed by atoms with Crippen molar-refractivity contribution in [3.8, 4) is 0 Å². The molecule has 0 unspecified atom stereocenters. The van der Waals surface area contributed by atoms with Crippen molar-refractivity contribution in [1.29, 1.82) is 0 Å². The lowest BCUT2D eigenvalue weighted by molar-refractivity contribution is -0.0435. The van der Waals surface area contributed by atoms with E-state index in [4.69, 9.17) is 0 Å². The van der Waals surface area contributed by atoms with Gasteiger partial charge in [-0.05, 0) is 31.0 Å². The maximum Gasteiger partial charge on any atom is 0.501 e. The number of anilines is 1. The molecule has 1 fully saturated rings. The first kappa shape index (κ1) is 16.1. The summed E-state index contributed by atoms with van der Waals surface area (Å²) in [5.41, 5.74) is -5.65. The highest BCUT2D eigenvalue weighted by Gasteiger charge is 2.48.